The summed E-state index contributed by atoms with van der Waals surface area (Å²) in [7, 11) is 0. The SMILES string of the molecule is CCCCCCOc1ccc(-c2nn(-c3ccc(Cl)cc3)cc2C=C2C(=O)NC(=O)NC2=O)cc1. The lowest BCUT2D eigenvalue weighted by atomic mass is 10.0. The Morgan fingerprint density at radius 1 is 0.943 bits per heavy atom. The fraction of sp³-hybridized carbons (Fsp3) is 0.231. The van der Waals surface area contributed by atoms with E-state index < -0.39 is 17.8 Å². The Kier molecular flexibility index (Phi) is 7.62. The van der Waals surface area contributed by atoms with Gasteiger partial charge in [-0.3, -0.25) is 20.2 Å². The van der Waals surface area contributed by atoms with Gasteiger partial charge in [0.25, 0.3) is 11.8 Å². The number of ether oxygens (including phenoxy) is 1. The Morgan fingerprint density at radius 3 is 2.29 bits per heavy atom. The van der Waals surface area contributed by atoms with Crippen molar-refractivity contribution in [2.45, 2.75) is 32.6 Å². The van der Waals surface area contributed by atoms with Gasteiger partial charge in [-0.1, -0.05) is 37.8 Å². The van der Waals surface area contributed by atoms with Crippen molar-refractivity contribution in [3.05, 3.63) is 70.9 Å². The molecule has 2 aromatic carbocycles. The standard InChI is InChI=1S/C26H25ClN4O4/c1-2-3-4-5-14-35-21-12-6-17(7-13-21)23-18(15-22-24(32)28-26(34)29-25(22)33)16-31(30-23)20-10-8-19(27)9-11-20/h6-13,15-16H,2-5,14H2,1H3,(H2,28,29,32,33,34). The third-order valence-corrected chi connectivity index (χ3v) is 5.72. The zero-order valence-corrected chi connectivity index (χ0v) is 20.0. The summed E-state index contributed by atoms with van der Waals surface area (Å²) in [6.45, 7) is 2.83. The largest absolute Gasteiger partial charge is 0.494 e. The Balaban J connectivity index is 1.65. The number of barbiturate groups is 1. The van der Waals surface area contributed by atoms with Crippen LogP contribution in [0.3, 0.4) is 0 Å². The first-order valence-electron chi connectivity index (χ1n) is 11.4. The highest BCUT2D eigenvalue weighted by atomic mass is 35.5. The lowest BCUT2D eigenvalue weighted by Crippen LogP contribution is -2.51. The first-order valence-corrected chi connectivity index (χ1v) is 11.8. The van der Waals surface area contributed by atoms with E-state index in [1.54, 1.807) is 23.0 Å². The van der Waals surface area contributed by atoms with Crippen LogP contribution in [0.1, 0.15) is 38.2 Å². The van der Waals surface area contributed by atoms with Gasteiger partial charge in [0, 0.05) is 22.3 Å². The number of imide groups is 2. The number of rotatable bonds is 9. The van der Waals surface area contributed by atoms with Gasteiger partial charge in [0.2, 0.25) is 0 Å². The summed E-state index contributed by atoms with van der Waals surface area (Å²) in [4.78, 5) is 36.0. The van der Waals surface area contributed by atoms with E-state index in [4.69, 9.17) is 21.4 Å². The van der Waals surface area contributed by atoms with E-state index in [1.165, 1.54) is 18.9 Å². The zero-order chi connectivity index (χ0) is 24.8. The Labute approximate surface area is 207 Å². The van der Waals surface area contributed by atoms with E-state index >= 15 is 0 Å². The molecule has 0 spiro atoms. The highest BCUT2D eigenvalue weighted by Crippen LogP contribution is 2.28. The van der Waals surface area contributed by atoms with Crippen LogP contribution in [0.15, 0.2) is 60.3 Å². The van der Waals surface area contributed by atoms with Gasteiger partial charge >= 0.3 is 6.03 Å². The summed E-state index contributed by atoms with van der Waals surface area (Å²) in [5.41, 5.74) is 2.42. The predicted molar refractivity (Wildman–Crippen MR) is 133 cm³/mol. The molecule has 35 heavy (non-hydrogen) atoms. The van der Waals surface area contributed by atoms with Gasteiger partial charge < -0.3 is 4.74 Å². The van der Waals surface area contributed by atoms with Gasteiger partial charge in [0.15, 0.2) is 0 Å². The van der Waals surface area contributed by atoms with E-state index in [9.17, 15) is 14.4 Å². The number of amides is 4. The smallest absolute Gasteiger partial charge is 0.328 e. The molecule has 0 aliphatic carbocycles. The molecule has 1 aromatic heterocycles. The molecule has 2 N–H and O–H groups in total. The second-order valence-corrected chi connectivity index (χ2v) is 8.52. The third-order valence-electron chi connectivity index (χ3n) is 5.47. The number of nitrogens with one attached hydrogen (secondary N) is 2. The molecule has 4 rings (SSSR count). The second-order valence-electron chi connectivity index (χ2n) is 8.08. The summed E-state index contributed by atoms with van der Waals surface area (Å²) in [6.07, 6.45) is 7.65. The maximum atomic E-state index is 12.3. The number of hydrogen-bond donors (Lipinski definition) is 2. The Bertz CT molecular complexity index is 1240. The van der Waals surface area contributed by atoms with E-state index in [-0.39, 0.29) is 5.57 Å². The first kappa shape index (κ1) is 24.2. The van der Waals surface area contributed by atoms with Crippen LogP contribution in [-0.4, -0.2) is 34.2 Å². The molecule has 4 amide bonds. The molecule has 0 bridgehead atoms. The van der Waals surface area contributed by atoms with Crippen molar-refractivity contribution < 1.29 is 19.1 Å². The lowest BCUT2D eigenvalue weighted by molar-refractivity contribution is -0.123. The molecule has 3 aromatic rings. The highest BCUT2D eigenvalue weighted by Gasteiger charge is 2.28. The fourth-order valence-electron chi connectivity index (χ4n) is 3.63. The van der Waals surface area contributed by atoms with Crippen LogP contribution >= 0.6 is 11.6 Å². The Hall–Kier alpha value is -3.91. The molecule has 0 atom stereocenters. The maximum absolute atomic E-state index is 12.3. The molecule has 1 saturated heterocycles. The first-order chi connectivity index (χ1) is 16.9. The van der Waals surface area contributed by atoms with Crippen molar-refractivity contribution in [3.63, 3.8) is 0 Å². The summed E-state index contributed by atoms with van der Waals surface area (Å²) >= 11 is 6.01. The van der Waals surface area contributed by atoms with E-state index in [0.29, 0.717) is 22.9 Å². The van der Waals surface area contributed by atoms with E-state index in [1.807, 2.05) is 36.4 Å². The minimum Gasteiger partial charge on any atom is -0.494 e. The molecule has 1 fully saturated rings. The molecule has 0 saturated carbocycles. The van der Waals surface area contributed by atoms with Crippen LogP contribution < -0.4 is 15.4 Å². The maximum Gasteiger partial charge on any atom is 0.328 e. The molecule has 0 radical (unpaired) electrons. The summed E-state index contributed by atoms with van der Waals surface area (Å²) in [5.74, 6) is -0.779. The molecular formula is C26H25ClN4O4. The number of halogens is 1. The molecule has 1 aliphatic rings. The molecule has 1 aliphatic heterocycles. The number of nitrogens with zero attached hydrogens (tertiary/aromatic N) is 2. The van der Waals surface area contributed by atoms with Crippen LogP contribution in [0.2, 0.25) is 5.02 Å². The number of aromatic nitrogens is 2. The second kappa shape index (κ2) is 11.0. The predicted octanol–water partition coefficient (Wildman–Crippen LogP) is 4.90. The minimum atomic E-state index is -0.848. The summed E-state index contributed by atoms with van der Waals surface area (Å²) < 4.78 is 7.47. The van der Waals surface area contributed by atoms with Crippen molar-refractivity contribution in [3.8, 4) is 22.7 Å². The molecular weight excluding hydrogens is 468 g/mol. The number of carbonyl (C=O) groups is 3. The Morgan fingerprint density at radius 2 is 1.63 bits per heavy atom. The number of unbranched alkanes of at least 4 members (excludes halogenated alkanes) is 3. The fourth-order valence-corrected chi connectivity index (χ4v) is 3.76. The third kappa shape index (κ3) is 5.96. The van der Waals surface area contributed by atoms with Crippen LogP contribution in [-0.2, 0) is 9.59 Å². The van der Waals surface area contributed by atoms with Crippen molar-refractivity contribution in [1.82, 2.24) is 20.4 Å². The van der Waals surface area contributed by atoms with Gasteiger partial charge in [-0.25, -0.2) is 9.48 Å². The zero-order valence-electron chi connectivity index (χ0n) is 19.2. The van der Waals surface area contributed by atoms with Crippen LogP contribution in [0.4, 0.5) is 4.79 Å². The average Bonchev–Trinajstić information content (AvgIpc) is 3.26. The van der Waals surface area contributed by atoms with E-state index in [2.05, 4.69) is 17.6 Å². The topological polar surface area (TPSA) is 102 Å². The van der Waals surface area contributed by atoms with Crippen molar-refractivity contribution in [2.75, 3.05) is 6.61 Å². The number of urea groups is 1. The minimum absolute atomic E-state index is 0.187. The lowest BCUT2D eigenvalue weighted by Gasteiger charge is -2.13. The van der Waals surface area contributed by atoms with Gasteiger partial charge in [-0.15, -0.1) is 0 Å². The normalized spacial score (nSPS) is 13.4. The number of carbonyl (C=O) groups excluding carboxylic acids is 3. The quantitative estimate of drug-likeness (QED) is 0.251. The molecule has 8 nitrogen and oxygen atoms in total. The molecule has 180 valence electrons. The number of benzene rings is 2. The molecule has 2 heterocycles. The van der Waals surface area contributed by atoms with Crippen LogP contribution in [0.5, 0.6) is 5.75 Å². The van der Waals surface area contributed by atoms with Gasteiger partial charge in [-0.05, 0) is 61.0 Å². The summed E-state index contributed by atoms with van der Waals surface area (Å²) in [5, 5.41) is 9.46. The van der Waals surface area contributed by atoms with Crippen molar-refractivity contribution >= 4 is 35.5 Å². The number of hydrogen-bond acceptors (Lipinski definition) is 5. The van der Waals surface area contributed by atoms with Gasteiger partial charge in [-0.2, -0.15) is 5.10 Å². The van der Waals surface area contributed by atoms with Crippen molar-refractivity contribution in [1.29, 1.82) is 0 Å². The summed E-state index contributed by atoms with van der Waals surface area (Å²) in [6, 6.07) is 13.8. The van der Waals surface area contributed by atoms with Crippen LogP contribution in [0.25, 0.3) is 23.0 Å². The highest BCUT2D eigenvalue weighted by molar-refractivity contribution is 6.31. The van der Waals surface area contributed by atoms with Gasteiger partial charge in [0.1, 0.15) is 11.3 Å². The van der Waals surface area contributed by atoms with Crippen molar-refractivity contribution in [2.24, 2.45) is 0 Å². The van der Waals surface area contributed by atoms with Gasteiger partial charge in [0.05, 0.1) is 18.0 Å². The van der Waals surface area contributed by atoms with Crippen LogP contribution in [0, 0.1) is 0 Å². The molecule has 9 heteroatoms. The van der Waals surface area contributed by atoms with E-state index in [0.717, 1.165) is 29.8 Å². The monoisotopic (exact) mass is 492 g/mol. The molecule has 0 unspecified atom stereocenters. The average molecular weight is 493 g/mol.